The van der Waals surface area contributed by atoms with E-state index in [2.05, 4.69) is 26.7 Å². The van der Waals surface area contributed by atoms with Crippen LogP contribution in [0.1, 0.15) is 111 Å². The highest BCUT2D eigenvalue weighted by molar-refractivity contribution is 7.80. The number of aldehydes is 2. The van der Waals surface area contributed by atoms with Crippen molar-refractivity contribution in [1.29, 1.82) is 0 Å². The summed E-state index contributed by atoms with van der Waals surface area (Å²) in [6.45, 7) is 2.02. The van der Waals surface area contributed by atoms with Crippen molar-refractivity contribution in [2.75, 3.05) is 44.8 Å². The Hall–Kier alpha value is -5.41. The van der Waals surface area contributed by atoms with Gasteiger partial charge in [-0.3, -0.25) is 14.4 Å². The van der Waals surface area contributed by atoms with Gasteiger partial charge in [-0.25, -0.2) is 8.78 Å². The number of hydrogen-bond donors (Lipinski definition) is 5. The van der Waals surface area contributed by atoms with Crippen LogP contribution in [0.25, 0.3) is 22.0 Å². The largest absolute Gasteiger partial charge is 0.486 e. The fraction of sp³-hybridized carbons (Fsp3) is 0.468. The van der Waals surface area contributed by atoms with E-state index in [4.69, 9.17) is 28.4 Å². The fourth-order valence-corrected chi connectivity index (χ4v) is 8.52. The van der Waals surface area contributed by atoms with Gasteiger partial charge in [0.05, 0.1) is 23.4 Å². The smallest absolute Gasteiger partial charge is 0.255 e. The van der Waals surface area contributed by atoms with Gasteiger partial charge in [0.25, 0.3) is 5.91 Å². The summed E-state index contributed by atoms with van der Waals surface area (Å²) in [4.78, 5) is 47.5. The number of aromatic nitrogens is 1. The van der Waals surface area contributed by atoms with E-state index in [9.17, 15) is 28.0 Å². The minimum absolute atomic E-state index is 0.00935. The Balaban J connectivity index is 0.000000269. The number of anilines is 2. The molecule has 4 aromatic rings. The Morgan fingerprint density at radius 1 is 0.952 bits per heavy atom. The summed E-state index contributed by atoms with van der Waals surface area (Å²) < 4.78 is 35.6. The van der Waals surface area contributed by atoms with E-state index in [1.807, 2.05) is 43.4 Å². The van der Waals surface area contributed by atoms with Gasteiger partial charge in [-0.15, -0.1) is 0 Å². The lowest BCUT2D eigenvalue weighted by Crippen LogP contribution is -2.46. The van der Waals surface area contributed by atoms with Crippen molar-refractivity contribution in [2.24, 2.45) is 5.73 Å². The highest BCUT2D eigenvalue weighted by Gasteiger charge is 2.38. The number of fused-ring (bicyclic) bond motifs is 2. The maximum absolute atomic E-state index is 14.0. The molecule has 0 saturated heterocycles. The van der Waals surface area contributed by atoms with Gasteiger partial charge in [-0.2, -0.15) is 0 Å². The molecule has 15 heteroatoms. The van der Waals surface area contributed by atoms with Crippen LogP contribution in [-0.2, 0) is 20.9 Å². The van der Waals surface area contributed by atoms with Crippen LogP contribution >= 0.6 is 12.2 Å². The molecule has 334 valence electrons. The van der Waals surface area contributed by atoms with Crippen LogP contribution in [0.5, 0.6) is 5.75 Å². The van der Waals surface area contributed by atoms with Gasteiger partial charge in [0, 0.05) is 72.7 Å². The second kappa shape index (κ2) is 23.2. The molecule has 1 saturated carbocycles. The Kier molecular flexibility index (Phi) is 17.8. The summed E-state index contributed by atoms with van der Waals surface area (Å²) in [6, 6.07) is 16.2. The van der Waals surface area contributed by atoms with Crippen LogP contribution in [0, 0.1) is 0 Å². The number of benzene rings is 3. The predicted molar refractivity (Wildman–Crippen MR) is 246 cm³/mol. The Morgan fingerprint density at radius 2 is 1.65 bits per heavy atom. The lowest BCUT2D eigenvalue weighted by Gasteiger charge is -2.30. The van der Waals surface area contributed by atoms with Gasteiger partial charge in [0.15, 0.2) is 6.29 Å². The number of alkyl halides is 2. The van der Waals surface area contributed by atoms with Crippen molar-refractivity contribution in [3.8, 4) is 16.9 Å². The second-order valence-electron chi connectivity index (χ2n) is 16.0. The summed E-state index contributed by atoms with van der Waals surface area (Å²) in [5.41, 5.74) is 18.9. The first-order valence-corrected chi connectivity index (χ1v) is 22.1. The van der Waals surface area contributed by atoms with E-state index in [1.54, 1.807) is 18.2 Å². The van der Waals surface area contributed by atoms with Crippen LogP contribution in [-0.4, -0.2) is 84.6 Å². The van der Waals surface area contributed by atoms with E-state index in [0.717, 1.165) is 59.1 Å². The molecule has 0 spiro atoms. The first kappa shape index (κ1) is 47.6. The molecule has 1 aliphatic heterocycles. The average Bonchev–Trinajstić information content (AvgIpc) is 3.82. The highest BCUT2D eigenvalue weighted by atomic mass is 32.1. The molecular formula is C47H61F2N7O5S. The minimum Gasteiger partial charge on any atom is -0.486 e. The minimum atomic E-state index is -2.58. The van der Waals surface area contributed by atoms with Crippen LogP contribution < -0.4 is 32.2 Å². The summed E-state index contributed by atoms with van der Waals surface area (Å²) in [5, 5.41) is 10.4. The number of nitrogens with one attached hydrogen (secondary N) is 3. The third kappa shape index (κ3) is 12.2. The number of rotatable bonds is 22. The number of nitrogens with zero attached hydrogens (tertiary/aromatic N) is 2. The maximum atomic E-state index is 14.0. The normalized spacial score (nSPS) is 15.0. The number of nitrogens with two attached hydrogens (primary N) is 2. The number of halogens is 2. The molecule has 0 bridgehead atoms. The monoisotopic (exact) mass is 873 g/mol. The molecule has 1 aliphatic carbocycles. The molecule has 12 nitrogen and oxygen atoms in total. The number of ether oxygens (including phenoxy) is 1. The van der Waals surface area contributed by atoms with Crippen molar-refractivity contribution in [1.82, 2.24) is 20.1 Å². The number of likely N-dealkylation sites (N-methyl/N-ethyl adjacent to an activating group) is 1. The Morgan fingerprint density at radius 3 is 2.31 bits per heavy atom. The highest BCUT2D eigenvalue weighted by Crippen LogP contribution is 2.45. The molecule has 3 aromatic carbocycles. The molecule has 1 atom stereocenters. The molecule has 1 aromatic heterocycles. The van der Waals surface area contributed by atoms with Gasteiger partial charge in [0.1, 0.15) is 29.7 Å². The van der Waals surface area contributed by atoms with Gasteiger partial charge in [0.2, 0.25) is 11.8 Å². The van der Waals surface area contributed by atoms with Gasteiger partial charge >= 0.3 is 0 Å². The standard InChI is InChI=1S/C31H43F2N5S.C16H18N2O5/c1-36-18-7-5-3-2-4-6-8-19-37-28-27(34)13-12-25-26(22-10-9-11-23(20-22)30(35)39)21-38(29(25)28)24-14-16-31(32,33)17-15-24;1-17-15(21)13(5-3-7-19)18-10-12-11(16(18)22)4-2-6-14(12)23-9-8-20/h9-13,20-21,24,36-37H,2-8,14-19,34H2,1H3,(H2,35,39);2,4,6-8,13H,3,5,9-10H2,1H3,(H,17,21). The van der Waals surface area contributed by atoms with Crippen LogP contribution in [0.4, 0.5) is 20.2 Å². The van der Waals surface area contributed by atoms with Crippen molar-refractivity contribution >= 4 is 63.9 Å². The summed E-state index contributed by atoms with van der Waals surface area (Å²) in [6.07, 6.45) is 13.1. The van der Waals surface area contributed by atoms with E-state index >= 15 is 0 Å². The number of carbonyl (C=O) groups excluding carboxylic acids is 4. The summed E-state index contributed by atoms with van der Waals surface area (Å²) in [7, 11) is 3.49. The molecule has 7 N–H and O–H groups in total. The zero-order valence-electron chi connectivity index (χ0n) is 35.9. The number of carbonyl (C=O) groups is 4. The van der Waals surface area contributed by atoms with Crippen LogP contribution in [0.3, 0.4) is 0 Å². The lowest BCUT2D eigenvalue weighted by atomic mass is 9.92. The number of hydrogen-bond acceptors (Lipinski definition) is 9. The average molecular weight is 874 g/mol. The molecule has 62 heavy (non-hydrogen) atoms. The van der Waals surface area contributed by atoms with Crippen molar-refractivity contribution in [2.45, 2.75) is 108 Å². The third-order valence-corrected chi connectivity index (χ3v) is 11.9. The zero-order valence-corrected chi connectivity index (χ0v) is 36.7. The molecule has 2 amide bonds. The number of amides is 2. The van der Waals surface area contributed by atoms with Crippen LogP contribution in [0.2, 0.25) is 0 Å². The molecule has 1 fully saturated rings. The van der Waals surface area contributed by atoms with E-state index in [0.29, 0.717) is 46.7 Å². The predicted octanol–water partition coefficient (Wildman–Crippen LogP) is 7.95. The number of nitrogen functional groups attached to an aromatic ring is 1. The molecule has 1 unspecified atom stereocenters. The first-order valence-electron chi connectivity index (χ1n) is 21.7. The fourth-order valence-electron chi connectivity index (χ4n) is 8.39. The Bertz CT molecular complexity index is 2170. The molecule has 6 rings (SSSR count). The van der Waals surface area contributed by atoms with Crippen LogP contribution in [0.15, 0.2) is 60.8 Å². The van der Waals surface area contributed by atoms with E-state index < -0.39 is 12.0 Å². The van der Waals surface area contributed by atoms with Crippen molar-refractivity contribution in [3.63, 3.8) is 0 Å². The Labute approximate surface area is 368 Å². The maximum Gasteiger partial charge on any atom is 0.255 e. The van der Waals surface area contributed by atoms with Gasteiger partial charge < -0.3 is 46.4 Å². The third-order valence-electron chi connectivity index (χ3n) is 11.7. The number of thiocarbonyl (C=S) groups is 1. The van der Waals surface area contributed by atoms with Crippen molar-refractivity contribution < 1.29 is 32.7 Å². The SMILES string of the molecule is CNC(=O)C(CCC=O)N1Cc2c(OCC=O)cccc2C1=O.CNCCCCCCCCCNc1c(N)ccc2c(-c3cccc(C(N)=S)c3)cn(C3CCC(F)(F)CC3)c12. The summed E-state index contributed by atoms with van der Waals surface area (Å²) in [5.74, 6) is -2.73. The number of unbranched alkanes of at least 4 members (excludes halogenated alkanes) is 6. The quantitative estimate of drug-likeness (QED) is 0.0226. The van der Waals surface area contributed by atoms with E-state index in [1.165, 1.54) is 50.5 Å². The zero-order chi connectivity index (χ0) is 44.6. The molecule has 2 heterocycles. The lowest BCUT2D eigenvalue weighted by molar-refractivity contribution is -0.125. The van der Waals surface area contributed by atoms with Gasteiger partial charge in [-0.1, -0.05) is 74.7 Å². The molecule has 0 radical (unpaired) electrons. The summed E-state index contributed by atoms with van der Waals surface area (Å²) >= 11 is 5.22. The van der Waals surface area contributed by atoms with E-state index in [-0.39, 0.29) is 56.7 Å². The molecular weight excluding hydrogens is 813 g/mol. The topological polar surface area (TPSA) is 174 Å². The van der Waals surface area contributed by atoms with Crippen molar-refractivity contribution in [3.05, 3.63) is 77.5 Å². The molecule has 2 aliphatic rings. The second-order valence-corrected chi connectivity index (χ2v) is 16.4. The first-order chi connectivity index (χ1) is 29.9. The van der Waals surface area contributed by atoms with Gasteiger partial charge in [-0.05, 0) is 75.5 Å².